The van der Waals surface area contributed by atoms with Gasteiger partial charge in [0.25, 0.3) is 0 Å². The minimum absolute atomic E-state index is 0.0570. The molecule has 1 aliphatic rings. The quantitative estimate of drug-likeness (QED) is 0.878. The fraction of sp³-hybridized carbons (Fsp3) is 0.750. The molecule has 0 spiro atoms. The number of thioether (sulfide) groups is 1. The fourth-order valence-electron chi connectivity index (χ4n) is 2.35. The Labute approximate surface area is 102 Å². The SMILES string of the molecule is CCCn1ccnc1C(N)C1(C)CCCS1. The molecular weight excluding hydrogens is 218 g/mol. The van der Waals surface area contributed by atoms with E-state index in [-0.39, 0.29) is 10.8 Å². The Hall–Kier alpha value is -0.480. The smallest absolute Gasteiger partial charge is 0.127 e. The first-order chi connectivity index (χ1) is 7.67. The van der Waals surface area contributed by atoms with Crippen LogP contribution < -0.4 is 5.73 Å². The van der Waals surface area contributed by atoms with E-state index in [1.807, 2.05) is 24.2 Å². The van der Waals surface area contributed by atoms with Crippen LogP contribution in [0.25, 0.3) is 0 Å². The van der Waals surface area contributed by atoms with Crippen molar-refractivity contribution >= 4 is 11.8 Å². The lowest BCUT2D eigenvalue weighted by molar-refractivity contribution is 0.459. The maximum absolute atomic E-state index is 6.41. The number of hydrogen-bond donors (Lipinski definition) is 1. The molecule has 16 heavy (non-hydrogen) atoms. The van der Waals surface area contributed by atoms with Gasteiger partial charge in [-0.05, 0) is 31.9 Å². The summed E-state index contributed by atoms with van der Waals surface area (Å²) >= 11 is 2.00. The van der Waals surface area contributed by atoms with Gasteiger partial charge in [0.1, 0.15) is 5.82 Å². The highest BCUT2D eigenvalue weighted by Crippen LogP contribution is 2.44. The second kappa shape index (κ2) is 4.80. The molecule has 1 fully saturated rings. The number of rotatable bonds is 4. The fourth-order valence-corrected chi connectivity index (χ4v) is 3.68. The van der Waals surface area contributed by atoms with Crippen molar-refractivity contribution in [3.8, 4) is 0 Å². The van der Waals surface area contributed by atoms with E-state index >= 15 is 0 Å². The third kappa shape index (κ3) is 2.13. The van der Waals surface area contributed by atoms with Gasteiger partial charge in [-0.25, -0.2) is 4.98 Å². The summed E-state index contributed by atoms with van der Waals surface area (Å²) in [7, 11) is 0. The molecule has 0 aliphatic carbocycles. The van der Waals surface area contributed by atoms with E-state index in [0.29, 0.717) is 0 Å². The minimum Gasteiger partial charge on any atom is -0.334 e. The summed E-state index contributed by atoms with van der Waals surface area (Å²) in [6.45, 7) is 5.48. The molecule has 3 nitrogen and oxygen atoms in total. The van der Waals surface area contributed by atoms with Crippen molar-refractivity contribution in [2.24, 2.45) is 5.73 Å². The van der Waals surface area contributed by atoms with Gasteiger partial charge in [-0.1, -0.05) is 6.92 Å². The van der Waals surface area contributed by atoms with Crippen LogP contribution in [0.15, 0.2) is 12.4 Å². The molecular formula is C12H21N3S. The maximum atomic E-state index is 6.41. The summed E-state index contributed by atoms with van der Waals surface area (Å²) in [5, 5.41) is 0. The van der Waals surface area contributed by atoms with Crippen LogP contribution in [0.4, 0.5) is 0 Å². The third-order valence-electron chi connectivity index (χ3n) is 3.40. The van der Waals surface area contributed by atoms with Crippen molar-refractivity contribution in [3.05, 3.63) is 18.2 Å². The van der Waals surface area contributed by atoms with Gasteiger partial charge >= 0.3 is 0 Å². The standard InChI is InChI=1S/C12H21N3S/c1-3-7-15-8-6-14-11(15)10(13)12(2)5-4-9-16-12/h6,8,10H,3-5,7,9,13H2,1-2H3. The summed E-state index contributed by atoms with van der Waals surface area (Å²) in [6, 6.07) is 0.0570. The van der Waals surface area contributed by atoms with Crippen LogP contribution in [-0.4, -0.2) is 20.1 Å². The number of aromatic nitrogens is 2. The van der Waals surface area contributed by atoms with E-state index < -0.39 is 0 Å². The van der Waals surface area contributed by atoms with Crippen molar-refractivity contribution in [2.45, 2.75) is 50.4 Å². The van der Waals surface area contributed by atoms with E-state index in [9.17, 15) is 0 Å². The number of nitrogens with two attached hydrogens (primary N) is 1. The molecule has 90 valence electrons. The van der Waals surface area contributed by atoms with Crippen LogP contribution in [0.2, 0.25) is 0 Å². The monoisotopic (exact) mass is 239 g/mol. The van der Waals surface area contributed by atoms with E-state index in [0.717, 1.165) is 18.8 Å². The third-order valence-corrected chi connectivity index (χ3v) is 5.01. The molecule has 2 heterocycles. The molecule has 2 rings (SSSR count). The van der Waals surface area contributed by atoms with E-state index in [1.54, 1.807) is 0 Å². The zero-order valence-electron chi connectivity index (χ0n) is 10.1. The largest absolute Gasteiger partial charge is 0.334 e. The summed E-state index contributed by atoms with van der Waals surface area (Å²) in [5.41, 5.74) is 6.41. The van der Waals surface area contributed by atoms with Crippen molar-refractivity contribution < 1.29 is 0 Å². The molecule has 4 heteroatoms. The molecule has 0 aromatic carbocycles. The first kappa shape index (κ1) is 12.0. The van der Waals surface area contributed by atoms with Crippen LogP contribution in [0.3, 0.4) is 0 Å². The van der Waals surface area contributed by atoms with Gasteiger partial charge < -0.3 is 10.3 Å². The average molecular weight is 239 g/mol. The van der Waals surface area contributed by atoms with Gasteiger partial charge in [0.05, 0.1) is 6.04 Å². The van der Waals surface area contributed by atoms with Gasteiger partial charge in [0, 0.05) is 23.7 Å². The zero-order valence-corrected chi connectivity index (χ0v) is 11.0. The number of nitrogens with zero attached hydrogens (tertiary/aromatic N) is 2. The average Bonchev–Trinajstić information content (AvgIpc) is 2.88. The lowest BCUT2D eigenvalue weighted by atomic mass is 9.96. The van der Waals surface area contributed by atoms with E-state index in [2.05, 4.69) is 23.4 Å². The number of hydrogen-bond acceptors (Lipinski definition) is 3. The summed E-state index contributed by atoms with van der Waals surface area (Å²) in [4.78, 5) is 4.45. The summed E-state index contributed by atoms with van der Waals surface area (Å²) in [5.74, 6) is 2.29. The molecule has 0 saturated carbocycles. The van der Waals surface area contributed by atoms with Gasteiger partial charge in [-0.15, -0.1) is 0 Å². The molecule has 2 unspecified atom stereocenters. The molecule has 0 amide bonds. The second-order valence-electron chi connectivity index (χ2n) is 4.72. The predicted molar refractivity (Wildman–Crippen MR) is 69.5 cm³/mol. The maximum Gasteiger partial charge on any atom is 0.127 e. The molecule has 0 bridgehead atoms. The number of aryl methyl sites for hydroxylation is 1. The molecule has 2 N–H and O–H groups in total. The van der Waals surface area contributed by atoms with Gasteiger partial charge in [0.2, 0.25) is 0 Å². The van der Waals surface area contributed by atoms with Crippen LogP contribution in [0, 0.1) is 0 Å². The molecule has 0 radical (unpaired) electrons. The Morgan fingerprint density at radius 2 is 2.50 bits per heavy atom. The number of imidazole rings is 1. The van der Waals surface area contributed by atoms with E-state index in [1.165, 1.54) is 18.6 Å². The molecule has 1 aromatic heterocycles. The Balaban J connectivity index is 2.19. The molecule has 1 aromatic rings. The molecule has 1 aliphatic heterocycles. The second-order valence-corrected chi connectivity index (χ2v) is 6.35. The van der Waals surface area contributed by atoms with Crippen LogP contribution >= 0.6 is 11.8 Å². The summed E-state index contributed by atoms with van der Waals surface area (Å²) in [6.07, 6.45) is 7.52. The lowest BCUT2D eigenvalue weighted by Crippen LogP contribution is -2.35. The topological polar surface area (TPSA) is 43.8 Å². The van der Waals surface area contributed by atoms with Gasteiger partial charge in [-0.3, -0.25) is 0 Å². The van der Waals surface area contributed by atoms with Crippen molar-refractivity contribution in [3.63, 3.8) is 0 Å². The first-order valence-electron chi connectivity index (χ1n) is 6.08. The summed E-state index contributed by atoms with van der Waals surface area (Å²) < 4.78 is 2.38. The lowest BCUT2D eigenvalue weighted by Gasteiger charge is -2.30. The van der Waals surface area contributed by atoms with Crippen LogP contribution in [0.1, 0.15) is 45.0 Å². The minimum atomic E-state index is 0.0570. The molecule has 2 atom stereocenters. The van der Waals surface area contributed by atoms with Crippen LogP contribution in [-0.2, 0) is 6.54 Å². The van der Waals surface area contributed by atoms with Gasteiger partial charge in [-0.2, -0.15) is 11.8 Å². The van der Waals surface area contributed by atoms with Gasteiger partial charge in [0.15, 0.2) is 0 Å². The molecule has 1 saturated heterocycles. The highest BCUT2D eigenvalue weighted by molar-refractivity contribution is 8.00. The highest BCUT2D eigenvalue weighted by atomic mass is 32.2. The van der Waals surface area contributed by atoms with Crippen molar-refractivity contribution in [1.29, 1.82) is 0 Å². The Kier molecular flexibility index (Phi) is 3.60. The Morgan fingerprint density at radius 3 is 3.12 bits per heavy atom. The Morgan fingerprint density at radius 1 is 1.69 bits per heavy atom. The van der Waals surface area contributed by atoms with Crippen molar-refractivity contribution in [2.75, 3.05) is 5.75 Å². The van der Waals surface area contributed by atoms with Crippen LogP contribution in [0.5, 0.6) is 0 Å². The Bertz CT molecular complexity index is 342. The normalized spacial score (nSPS) is 27.2. The predicted octanol–water partition coefficient (Wildman–Crippen LogP) is 2.58. The first-order valence-corrected chi connectivity index (χ1v) is 7.06. The van der Waals surface area contributed by atoms with Crippen molar-refractivity contribution in [1.82, 2.24) is 9.55 Å². The zero-order chi connectivity index (χ0) is 11.6. The highest BCUT2D eigenvalue weighted by Gasteiger charge is 2.38. The van der Waals surface area contributed by atoms with E-state index in [4.69, 9.17) is 5.73 Å².